The van der Waals surface area contributed by atoms with E-state index in [2.05, 4.69) is 20.4 Å². The van der Waals surface area contributed by atoms with Crippen LogP contribution in [0, 0.1) is 0 Å². The van der Waals surface area contributed by atoms with E-state index < -0.39 is 15.9 Å². The maximum Gasteiger partial charge on any atom is 0.256 e. The molecule has 1 amide bonds. The maximum absolute atomic E-state index is 13.1. The molecule has 0 aliphatic rings. The fourth-order valence-corrected chi connectivity index (χ4v) is 5.77. The number of sulfonamides is 1. The highest BCUT2D eigenvalue weighted by Gasteiger charge is 2.22. The minimum absolute atomic E-state index is 0.117. The summed E-state index contributed by atoms with van der Waals surface area (Å²) in [5, 5.41) is 9.29. The number of aromatic amines is 1. The number of carbonyl (C=O) groups is 1. The van der Waals surface area contributed by atoms with Crippen molar-refractivity contribution in [3.05, 3.63) is 75.5 Å². The average molecular weight is 527 g/mol. The van der Waals surface area contributed by atoms with Crippen LogP contribution in [-0.4, -0.2) is 51.5 Å². The van der Waals surface area contributed by atoms with Gasteiger partial charge in [0, 0.05) is 36.5 Å². The third-order valence-electron chi connectivity index (χ3n) is 5.53. The van der Waals surface area contributed by atoms with Crippen molar-refractivity contribution in [1.82, 2.24) is 24.1 Å². The van der Waals surface area contributed by atoms with Crippen molar-refractivity contribution in [3.8, 4) is 16.5 Å². The zero-order chi connectivity index (χ0) is 25.9. The molecule has 0 fully saturated rings. The van der Waals surface area contributed by atoms with Crippen LogP contribution >= 0.6 is 11.3 Å². The third-order valence-corrected chi connectivity index (χ3v) is 8.49. The number of H-pyrrole nitrogens is 1. The van der Waals surface area contributed by atoms with Crippen LogP contribution in [0.4, 0.5) is 5.82 Å². The summed E-state index contributed by atoms with van der Waals surface area (Å²) in [6.45, 7) is 6.14. The maximum atomic E-state index is 13.1. The number of hydrogen-bond acceptors (Lipinski definition) is 7. The topological polar surface area (TPSA) is 130 Å². The van der Waals surface area contributed by atoms with Crippen molar-refractivity contribution in [3.63, 3.8) is 0 Å². The Bertz CT molecular complexity index is 1520. The number of nitrogens with zero attached hydrogens (tertiary/aromatic N) is 4. The number of aromatic nitrogens is 4. The molecule has 0 atom stereocenters. The number of rotatable bonds is 9. The molecule has 4 rings (SSSR count). The van der Waals surface area contributed by atoms with Crippen LogP contribution in [0.15, 0.2) is 63.6 Å². The third kappa shape index (κ3) is 5.15. The van der Waals surface area contributed by atoms with Crippen LogP contribution in [-0.2, 0) is 16.4 Å². The largest absolute Gasteiger partial charge is 0.306 e. The first-order valence-electron chi connectivity index (χ1n) is 11.4. The number of nitrogens with one attached hydrogen (secondary N) is 2. The van der Waals surface area contributed by atoms with E-state index >= 15 is 0 Å². The second kappa shape index (κ2) is 10.6. The Balaban J connectivity index is 1.68. The monoisotopic (exact) mass is 526 g/mol. The van der Waals surface area contributed by atoms with E-state index in [4.69, 9.17) is 0 Å². The number of carbonyl (C=O) groups excluding carboxylic acids is 1. The van der Waals surface area contributed by atoms with Crippen LogP contribution < -0.4 is 10.9 Å². The van der Waals surface area contributed by atoms with Crippen molar-refractivity contribution in [2.75, 3.05) is 18.4 Å². The number of amides is 1. The molecule has 0 aliphatic carbocycles. The Labute approximate surface area is 212 Å². The Morgan fingerprint density at radius 3 is 2.44 bits per heavy atom. The van der Waals surface area contributed by atoms with E-state index in [1.165, 1.54) is 50.7 Å². The number of anilines is 1. The molecule has 12 heteroatoms. The molecular formula is C24H26N6O4S2. The predicted molar refractivity (Wildman–Crippen MR) is 139 cm³/mol. The molecule has 3 aromatic heterocycles. The van der Waals surface area contributed by atoms with Gasteiger partial charge < -0.3 is 5.32 Å². The summed E-state index contributed by atoms with van der Waals surface area (Å²) < 4.78 is 28.2. The lowest BCUT2D eigenvalue weighted by Gasteiger charge is -2.18. The summed E-state index contributed by atoms with van der Waals surface area (Å²) in [4.78, 5) is 33.4. The molecular weight excluding hydrogens is 500 g/mol. The van der Waals surface area contributed by atoms with Crippen LogP contribution in [0.1, 0.15) is 36.8 Å². The van der Waals surface area contributed by atoms with Gasteiger partial charge in [-0.2, -0.15) is 14.1 Å². The van der Waals surface area contributed by atoms with Gasteiger partial charge in [-0.1, -0.05) is 26.8 Å². The Kier molecular flexibility index (Phi) is 7.48. The zero-order valence-electron chi connectivity index (χ0n) is 20.1. The molecule has 2 N–H and O–H groups in total. The summed E-state index contributed by atoms with van der Waals surface area (Å²) in [5.41, 5.74) is 1.13. The fraction of sp³-hybridized carbons (Fsp3) is 0.250. The standard InChI is InChI=1S/C24H26N6O4S2/c1-4-17-14-22(31)27-24(25-17)30-21(15-19(28-30)20-8-7-13-35-20)26-23(32)16-9-11-18(12-10-16)36(33,34)29(5-2)6-3/h7-15H,4-6H2,1-3H3,(H,26,32)(H,25,27,31). The lowest BCUT2D eigenvalue weighted by Crippen LogP contribution is -2.30. The molecule has 0 radical (unpaired) electrons. The smallest absolute Gasteiger partial charge is 0.256 e. The molecule has 3 heterocycles. The van der Waals surface area contributed by atoms with Gasteiger partial charge in [0.05, 0.1) is 9.77 Å². The van der Waals surface area contributed by atoms with E-state index in [1.54, 1.807) is 19.9 Å². The predicted octanol–water partition coefficient (Wildman–Crippen LogP) is 3.53. The Hall–Kier alpha value is -3.61. The average Bonchev–Trinajstić information content (AvgIpc) is 3.54. The normalized spacial score (nSPS) is 11.7. The fourth-order valence-electron chi connectivity index (χ4n) is 3.63. The molecule has 1 aromatic carbocycles. The lowest BCUT2D eigenvalue weighted by atomic mass is 10.2. The van der Waals surface area contributed by atoms with Gasteiger partial charge in [-0.15, -0.1) is 11.3 Å². The highest BCUT2D eigenvalue weighted by atomic mass is 32.2. The second-order valence-electron chi connectivity index (χ2n) is 7.79. The first-order valence-corrected chi connectivity index (χ1v) is 13.7. The van der Waals surface area contributed by atoms with Gasteiger partial charge in [0.1, 0.15) is 11.5 Å². The minimum Gasteiger partial charge on any atom is -0.306 e. The molecule has 0 saturated carbocycles. The van der Waals surface area contributed by atoms with Crippen molar-refractivity contribution in [2.24, 2.45) is 0 Å². The number of hydrogen-bond donors (Lipinski definition) is 2. The Morgan fingerprint density at radius 2 is 1.83 bits per heavy atom. The van der Waals surface area contributed by atoms with Gasteiger partial charge in [-0.25, -0.2) is 13.4 Å². The number of benzene rings is 1. The molecule has 4 aromatic rings. The van der Waals surface area contributed by atoms with Crippen LogP contribution in [0.25, 0.3) is 16.5 Å². The molecule has 10 nitrogen and oxygen atoms in total. The van der Waals surface area contributed by atoms with Crippen molar-refractivity contribution in [1.29, 1.82) is 0 Å². The van der Waals surface area contributed by atoms with Gasteiger partial charge in [0.15, 0.2) is 0 Å². The molecule has 0 unspecified atom stereocenters. The molecule has 36 heavy (non-hydrogen) atoms. The first kappa shape index (κ1) is 25.5. The molecule has 0 saturated heterocycles. The first-order chi connectivity index (χ1) is 17.3. The second-order valence-corrected chi connectivity index (χ2v) is 10.7. The molecule has 0 bridgehead atoms. The highest BCUT2D eigenvalue weighted by molar-refractivity contribution is 7.89. The molecule has 188 valence electrons. The van der Waals surface area contributed by atoms with Gasteiger partial charge in [0.25, 0.3) is 11.5 Å². The zero-order valence-corrected chi connectivity index (χ0v) is 21.7. The van der Waals surface area contributed by atoms with E-state index in [9.17, 15) is 18.0 Å². The van der Waals surface area contributed by atoms with E-state index in [-0.39, 0.29) is 22.0 Å². The number of aryl methyl sites for hydroxylation is 1. The number of thiophene rings is 1. The Morgan fingerprint density at radius 1 is 1.11 bits per heavy atom. The van der Waals surface area contributed by atoms with E-state index in [0.29, 0.717) is 36.7 Å². The van der Waals surface area contributed by atoms with E-state index in [1.807, 2.05) is 24.4 Å². The van der Waals surface area contributed by atoms with Crippen LogP contribution in [0.3, 0.4) is 0 Å². The highest BCUT2D eigenvalue weighted by Crippen LogP contribution is 2.27. The van der Waals surface area contributed by atoms with Crippen LogP contribution in [0.5, 0.6) is 0 Å². The SMILES string of the molecule is CCc1cc(=O)[nH]c(-n2nc(-c3cccs3)cc2NC(=O)c2ccc(S(=O)(=O)N(CC)CC)cc2)n1. The van der Waals surface area contributed by atoms with Gasteiger partial charge in [-0.05, 0) is 42.1 Å². The minimum atomic E-state index is -3.63. The van der Waals surface area contributed by atoms with Crippen molar-refractivity contribution >= 4 is 33.1 Å². The van der Waals surface area contributed by atoms with Gasteiger partial charge in [0.2, 0.25) is 16.0 Å². The lowest BCUT2D eigenvalue weighted by molar-refractivity contribution is 0.102. The van der Waals surface area contributed by atoms with Crippen molar-refractivity contribution in [2.45, 2.75) is 32.1 Å². The van der Waals surface area contributed by atoms with E-state index in [0.717, 1.165) is 4.88 Å². The van der Waals surface area contributed by atoms with Crippen LogP contribution in [0.2, 0.25) is 0 Å². The van der Waals surface area contributed by atoms with Crippen molar-refractivity contribution < 1.29 is 13.2 Å². The summed E-state index contributed by atoms with van der Waals surface area (Å²) in [5.74, 6) is 0.0208. The summed E-state index contributed by atoms with van der Waals surface area (Å²) in [7, 11) is -3.63. The summed E-state index contributed by atoms with van der Waals surface area (Å²) in [6.07, 6.45) is 0.556. The van der Waals surface area contributed by atoms with Gasteiger partial charge in [-0.3, -0.25) is 14.6 Å². The quantitative estimate of drug-likeness (QED) is 0.343. The molecule has 0 spiro atoms. The summed E-state index contributed by atoms with van der Waals surface area (Å²) >= 11 is 1.49. The molecule has 0 aliphatic heterocycles. The van der Waals surface area contributed by atoms with Gasteiger partial charge >= 0.3 is 0 Å². The summed E-state index contributed by atoms with van der Waals surface area (Å²) in [6, 6.07) is 12.7.